The Balaban J connectivity index is 1.73. The highest BCUT2D eigenvalue weighted by Gasteiger charge is 2.75. The van der Waals surface area contributed by atoms with Gasteiger partial charge in [0.25, 0.3) is 5.91 Å². The van der Waals surface area contributed by atoms with Crippen LogP contribution in [0.4, 0.5) is 5.69 Å². The molecule has 2 unspecified atom stereocenters. The van der Waals surface area contributed by atoms with Crippen LogP contribution in [-0.2, 0) is 23.9 Å². The van der Waals surface area contributed by atoms with Gasteiger partial charge in [-0.2, -0.15) is 0 Å². The topological polar surface area (TPSA) is 96.4 Å². The minimum atomic E-state index is -1.18. The van der Waals surface area contributed by atoms with Crippen LogP contribution in [0, 0.1) is 17.8 Å². The van der Waals surface area contributed by atoms with E-state index in [0.29, 0.717) is 36.4 Å². The molecule has 0 aromatic heterocycles. The highest BCUT2D eigenvalue weighted by atomic mass is 35.5. The third-order valence-corrected chi connectivity index (χ3v) is 9.10. The van der Waals surface area contributed by atoms with Crippen LogP contribution in [0.25, 0.3) is 0 Å². The van der Waals surface area contributed by atoms with E-state index < -0.39 is 41.6 Å². The lowest BCUT2D eigenvalue weighted by Crippen LogP contribution is -2.60. The minimum Gasteiger partial charge on any atom is -0.465 e. The number of benzene rings is 1. The molecule has 2 bridgehead atoms. The van der Waals surface area contributed by atoms with Gasteiger partial charge in [0.1, 0.15) is 11.6 Å². The number of unbranched alkanes of at least 4 members (excludes halogenated alkanes) is 2. The van der Waals surface area contributed by atoms with Crippen molar-refractivity contribution in [1.29, 1.82) is 0 Å². The van der Waals surface area contributed by atoms with Crippen LogP contribution in [0.1, 0.15) is 52.4 Å². The number of allylic oxidation sites excluding steroid dienone is 1. The largest absolute Gasteiger partial charge is 0.465 e. The first-order valence-corrected chi connectivity index (χ1v) is 14.7. The van der Waals surface area contributed by atoms with Crippen LogP contribution in [0.3, 0.4) is 0 Å². The van der Waals surface area contributed by atoms with Gasteiger partial charge in [-0.1, -0.05) is 44.0 Å². The Labute approximate surface area is 241 Å². The molecule has 0 saturated carbocycles. The molecule has 1 N–H and O–H groups in total. The maximum Gasteiger partial charge on any atom is 0.312 e. The van der Waals surface area contributed by atoms with Crippen molar-refractivity contribution >= 4 is 35.1 Å². The normalized spacial score (nSPS) is 28.2. The Bertz CT molecular complexity index is 1110. The van der Waals surface area contributed by atoms with E-state index in [9.17, 15) is 19.5 Å². The van der Waals surface area contributed by atoms with E-state index >= 15 is 0 Å². The molecule has 0 aliphatic carbocycles. The summed E-state index contributed by atoms with van der Waals surface area (Å²) in [5.41, 5.74) is -0.577. The monoisotopic (exact) mass is 572 g/mol. The van der Waals surface area contributed by atoms with Gasteiger partial charge in [0.2, 0.25) is 5.91 Å². The molecule has 4 rings (SSSR count). The van der Waals surface area contributed by atoms with Crippen LogP contribution in [-0.4, -0.2) is 71.3 Å². The quantitative estimate of drug-likeness (QED) is 0.200. The fourth-order valence-electron chi connectivity index (χ4n) is 6.69. The summed E-state index contributed by atoms with van der Waals surface area (Å²) in [4.78, 5) is 45.3. The van der Waals surface area contributed by atoms with Gasteiger partial charge in [0.15, 0.2) is 0 Å². The number of hydrogen-bond donors (Lipinski definition) is 1. The minimum absolute atomic E-state index is 0.0877. The van der Waals surface area contributed by atoms with Gasteiger partial charge in [-0.3, -0.25) is 14.4 Å². The molecule has 3 aliphatic heterocycles. The predicted molar refractivity (Wildman–Crippen MR) is 154 cm³/mol. The summed E-state index contributed by atoms with van der Waals surface area (Å²) < 4.78 is 12.2. The van der Waals surface area contributed by atoms with Crippen molar-refractivity contribution in [3.8, 4) is 0 Å². The van der Waals surface area contributed by atoms with Crippen LogP contribution in [0.15, 0.2) is 49.6 Å². The van der Waals surface area contributed by atoms with E-state index in [2.05, 4.69) is 13.2 Å². The molecule has 3 heterocycles. The maximum absolute atomic E-state index is 14.5. The summed E-state index contributed by atoms with van der Waals surface area (Å²) >= 11 is 6.11. The molecule has 3 aliphatic rings. The molecule has 3 fully saturated rings. The van der Waals surface area contributed by atoms with Gasteiger partial charge < -0.3 is 24.4 Å². The smallest absolute Gasteiger partial charge is 0.312 e. The molecule has 3 saturated heterocycles. The number of nitrogens with zero attached hydrogens (tertiary/aromatic N) is 2. The molecule has 0 radical (unpaired) electrons. The number of carbonyl (C=O) groups is 3. The molecule has 1 aromatic carbocycles. The highest BCUT2D eigenvalue weighted by molar-refractivity contribution is 6.30. The number of ether oxygens (including phenoxy) is 2. The Morgan fingerprint density at radius 3 is 2.62 bits per heavy atom. The van der Waals surface area contributed by atoms with Gasteiger partial charge in [-0.25, -0.2) is 0 Å². The second-order valence-electron chi connectivity index (χ2n) is 11.1. The van der Waals surface area contributed by atoms with Gasteiger partial charge in [-0.05, 0) is 62.3 Å². The molecule has 40 heavy (non-hydrogen) atoms. The molecule has 7 atom stereocenters. The van der Waals surface area contributed by atoms with E-state index in [-0.39, 0.29) is 37.5 Å². The first-order valence-electron chi connectivity index (χ1n) is 14.3. The lowest BCUT2D eigenvalue weighted by Gasteiger charge is -2.40. The Hall–Kier alpha value is -2.68. The van der Waals surface area contributed by atoms with Crippen LogP contribution in [0.2, 0.25) is 5.02 Å². The van der Waals surface area contributed by atoms with Gasteiger partial charge >= 0.3 is 5.97 Å². The van der Waals surface area contributed by atoms with Crippen LogP contribution < -0.4 is 4.90 Å². The SMILES string of the molecule is C=CCCCCOC(=O)[C@@H]1[C@@H]2CCC3(O2)C(C(=O)N(CC=C)c2ccc(Cl)cc2)N([C@@H](CO)[C@@H](C)CC)C(=O)[C@H]13. The van der Waals surface area contributed by atoms with Crippen LogP contribution >= 0.6 is 11.6 Å². The molecule has 1 spiro atoms. The molecular formula is C31H41ClN2O6. The van der Waals surface area contributed by atoms with E-state index in [0.717, 1.165) is 12.8 Å². The number of hydrogen-bond acceptors (Lipinski definition) is 6. The van der Waals surface area contributed by atoms with Gasteiger partial charge in [-0.15, -0.1) is 13.2 Å². The highest BCUT2D eigenvalue weighted by Crippen LogP contribution is 2.59. The summed E-state index contributed by atoms with van der Waals surface area (Å²) in [7, 11) is 0. The lowest BCUT2D eigenvalue weighted by atomic mass is 9.70. The molecule has 8 nitrogen and oxygen atoms in total. The zero-order valence-corrected chi connectivity index (χ0v) is 24.2. The van der Waals surface area contributed by atoms with Crippen molar-refractivity contribution < 1.29 is 29.0 Å². The molecule has 218 valence electrons. The first-order chi connectivity index (χ1) is 19.2. The van der Waals surface area contributed by atoms with Gasteiger partial charge in [0, 0.05) is 17.3 Å². The first kappa shape index (κ1) is 30.3. The fourth-order valence-corrected chi connectivity index (χ4v) is 6.82. The van der Waals surface area contributed by atoms with Crippen molar-refractivity contribution in [2.75, 3.05) is 24.7 Å². The van der Waals surface area contributed by atoms with Crippen molar-refractivity contribution in [1.82, 2.24) is 4.90 Å². The van der Waals surface area contributed by atoms with E-state index in [1.54, 1.807) is 35.2 Å². The van der Waals surface area contributed by atoms with Crippen molar-refractivity contribution in [3.63, 3.8) is 0 Å². The lowest BCUT2D eigenvalue weighted by molar-refractivity contribution is -0.156. The number of rotatable bonds is 14. The standard InChI is InChI=1S/C31H41ClN2O6/c1-5-8-9-10-18-39-30(38)25-24-15-16-31(40-24)26(25)28(36)34(23(19-35)20(4)7-3)27(31)29(37)33(17-6-2)22-13-11-21(32)12-14-22/h5-6,11-14,20,23-27,35H,1-2,7-10,15-19H2,3-4H3/t20-,23-,24-,25+,26-,27?,31?/m0/s1. The average Bonchev–Trinajstić information content (AvgIpc) is 3.60. The summed E-state index contributed by atoms with van der Waals surface area (Å²) in [5, 5.41) is 11.0. The van der Waals surface area contributed by atoms with Crippen molar-refractivity contribution in [3.05, 3.63) is 54.6 Å². The third kappa shape index (κ3) is 5.33. The Kier molecular flexibility index (Phi) is 9.75. The second kappa shape index (κ2) is 12.9. The third-order valence-electron chi connectivity index (χ3n) is 8.85. The van der Waals surface area contributed by atoms with E-state index in [1.807, 2.05) is 19.9 Å². The van der Waals surface area contributed by atoms with E-state index in [4.69, 9.17) is 21.1 Å². The number of carbonyl (C=O) groups excluding carboxylic acids is 3. The number of aliphatic hydroxyl groups is 1. The zero-order chi connectivity index (χ0) is 29.0. The number of aliphatic hydroxyl groups excluding tert-OH is 1. The molecular weight excluding hydrogens is 532 g/mol. The Morgan fingerprint density at radius 2 is 2.00 bits per heavy atom. The van der Waals surface area contributed by atoms with Crippen molar-refractivity contribution in [2.24, 2.45) is 17.8 Å². The summed E-state index contributed by atoms with van der Waals surface area (Å²) in [6.45, 7) is 11.6. The number of halogens is 1. The number of anilines is 1. The summed E-state index contributed by atoms with van der Waals surface area (Å²) in [6, 6.07) is 5.28. The van der Waals surface area contributed by atoms with Crippen molar-refractivity contribution in [2.45, 2.75) is 76.2 Å². The summed E-state index contributed by atoms with van der Waals surface area (Å²) in [6.07, 6.45) is 7.06. The molecule has 2 amide bonds. The zero-order valence-electron chi connectivity index (χ0n) is 23.5. The fraction of sp³-hybridized carbons (Fsp3) is 0.581. The maximum atomic E-state index is 14.5. The van der Waals surface area contributed by atoms with Gasteiger partial charge in [0.05, 0.1) is 37.2 Å². The molecule has 1 aromatic rings. The molecule has 9 heteroatoms. The van der Waals surface area contributed by atoms with Crippen LogP contribution in [0.5, 0.6) is 0 Å². The number of amides is 2. The second-order valence-corrected chi connectivity index (χ2v) is 11.5. The number of fused-ring (bicyclic) bond motifs is 1. The number of esters is 1. The van der Waals surface area contributed by atoms with E-state index in [1.165, 1.54) is 4.90 Å². The summed E-state index contributed by atoms with van der Waals surface area (Å²) in [5.74, 6) is -2.85. The predicted octanol–water partition coefficient (Wildman–Crippen LogP) is 4.54. The Morgan fingerprint density at radius 1 is 1.27 bits per heavy atom. The average molecular weight is 573 g/mol. The number of likely N-dealkylation sites (tertiary alicyclic amines) is 1.